The normalized spacial score (nSPS) is 17.0. The predicted molar refractivity (Wildman–Crippen MR) is 76.3 cm³/mol. The Hall–Kier alpha value is -1.91. The Morgan fingerprint density at radius 2 is 2.00 bits per heavy atom. The minimum Gasteiger partial charge on any atom is -0.449 e. The van der Waals surface area contributed by atoms with Crippen LogP contribution in [0.4, 0.5) is 4.39 Å². The van der Waals surface area contributed by atoms with E-state index in [1.54, 1.807) is 0 Å². The first kappa shape index (κ1) is 15.5. The molecule has 4 nitrogen and oxygen atoms in total. The number of halogens is 1. The molecule has 1 aromatic rings. The molecule has 1 aliphatic rings. The van der Waals surface area contributed by atoms with Gasteiger partial charge in [0.1, 0.15) is 5.82 Å². The van der Waals surface area contributed by atoms with Crippen LogP contribution in [0.5, 0.6) is 0 Å². The minimum absolute atomic E-state index is 0.104. The maximum atomic E-state index is 13.0. The van der Waals surface area contributed by atoms with Crippen LogP contribution in [0.15, 0.2) is 24.3 Å². The van der Waals surface area contributed by atoms with Crippen molar-refractivity contribution in [2.75, 3.05) is 0 Å². The fraction of sp³-hybridized carbons (Fsp3) is 0.500. The van der Waals surface area contributed by atoms with Gasteiger partial charge < -0.3 is 10.1 Å². The topological polar surface area (TPSA) is 55.4 Å². The maximum absolute atomic E-state index is 13.0. The van der Waals surface area contributed by atoms with E-state index < -0.39 is 17.9 Å². The molecule has 1 aliphatic carbocycles. The van der Waals surface area contributed by atoms with Crippen molar-refractivity contribution in [1.82, 2.24) is 5.32 Å². The molecule has 5 heteroatoms. The monoisotopic (exact) mass is 293 g/mol. The van der Waals surface area contributed by atoms with E-state index in [-0.39, 0.29) is 17.5 Å². The van der Waals surface area contributed by atoms with E-state index in [4.69, 9.17) is 4.74 Å². The summed E-state index contributed by atoms with van der Waals surface area (Å²) < 4.78 is 18.1. The Bertz CT molecular complexity index is 512. The quantitative estimate of drug-likeness (QED) is 0.868. The van der Waals surface area contributed by atoms with Crippen molar-refractivity contribution in [3.63, 3.8) is 0 Å². The fourth-order valence-electron chi connectivity index (χ4n) is 2.46. The summed E-state index contributed by atoms with van der Waals surface area (Å²) in [6.45, 7) is 1.52. The summed E-state index contributed by atoms with van der Waals surface area (Å²) in [7, 11) is 0. The first-order valence-corrected chi connectivity index (χ1v) is 7.33. The number of ether oxygens (including phenoxy) is 1. The van der Waals surface area contributed by atoms with Crippen LogP contribution in [0.25, 0.3) is 0 Å². The van der Waals surface area contributed by atoms with Gasteiger partial charge in [-0.15, -0.1) is 0 Å². The van der Waals surface area contributed by atoms with Gasteiger partial charge >= 0.3 is 5.97 Å². The van der Waals surface area contributed by atoms with E-state index in [0.717, 1.165) is 31.7 Å². The molecule has 21 heavy (non-hydrogen) atoms. The molecule has 2 rings (SSSR count). The van der Waals surface area contributed by atoms with E-state index in [2.05, 4.69) is 5.32 Å². The highest BCUT2D eigenvalue weighted by Gasteiger charge is 2.22. The third-order valence-corrected chi connectivity index (χ3v) is 3.66. The first-order valence-electron chi connectivity index (χ1n) is 7.33. The van der Waals surface area contributed by atoms with E-state index in [1.807, 2.05) is 0 Å². The van der Waals surface area contributed by atoms with Gasteiger partial charge in [-0.25, -0.2) is 9.18 Å². The average molecular weight is 293 g/mol. The summed E-state index contributed by atoms with van der Waals surface area (Å²) in [6.07, 6.45) is 4.48. The van der Waals surface area contributed by atoms with Gasteiger partial charge in [-0.2, -0.15) is 0 Å². The summed E-state index contributed by atoms with van der Waals surface area (Å²) in [4.78, 5) is 23.8. The maximum Gasteiger partial charge on any atom is 0.339 e. The third kappa shape index (κ3) is 4.55. The van der Waals surface area contributed by atoms with Crippen LogP contribution in [-0.4, -0.2) is 24.0 Å². The lowest BCUT2D eigenvalue weighted by atomic mass is 9.95. The van der Waals surface area contributed by atoms with Crippen LogP contribution >= 0.6 is 0 Å². The van der Waals surface area contributed by atoms with Gasteiger partial charge in [0.15, 0.2) is 6.10 Å². The second-order valence-electron chi connectivity index (χ2n) is 5.40. The minimum atomic E-state index is -0.886. The largest absolute Gasteiger partial charge is 0.449 e. The molecule has 0 aliphatic heterocycles. The number of rotatable bonds is 4. The highest BCUT2D eigenvalue weighted by molar-refractivity contribution is 5.92. The van der Waals surface area contributed by atoms with Crippen molar-refractivity contribution in [3.05, 3.63) is 35.6 Å². The van der Waals surface area contributed by atoms with Crippen LogP contribution in [0, 0.1) is 5.82 Å². The molecule has 0 spiro atoms. The number of amides is 1. The predicted octanol–water partition coefficient (Wildman–Crippen LogP) is 2.82. The van der Waals surface area contributed by atoms with Crippen molar-refractivity contribution in [2.45, 2.75) is 51.2 Å². The highest BCUT2D eigenvalue weighted by atomic mass is 19.1. The second-order valence-corrected chi connectivity index (χ2v) is 5.40. The number of carbonyl (C=O) groups excluding carboxylic acids is 2. The molecule has 114 valence electrons. The van der Waals surface area contributed by atoms with Crippen molar-refractivity contribution in [3.8, 4) is 0 Å². The number of benzene rings is 1. The van der Waals surface area contributed by atoms with Gasteiger partial charge in [0.2, 0.25) is 0 Å². The van der Waals surface area contributed by atoms with Gasteiger partial charge in [0.05, 0.1) is 5.56 Å². The molecular weight excluding hydrogens is 273 g/mol. The lowest BCUT2D eigenvalue weighted by Crippen LogP contribution is -2.42. The zero-order valence-corrected chi connectivity index (χ0v) is 12.1. The molecule has 1 amide bonds. The number of hydrogen-bond acceptors (Lipinski definition) is 3. The Labute approximate surface area is 123 Å². The van der Waals surface area contributed by atoms with Crippen LogP contribution < -0.4 is 5.32 Å². The molecular formula is C16H20FNO3. The summed E-state index contributed by atoms with van der Waals surface area (Å²) in [5.41, 5.74) is 0.104. The molecule has 1 aromatic carbocycles. The van der Waals surface area contributed by atoms with Crippen molar-refractivity contribution >= 4 is 11.9 Å². The van der Waals surface area contributed by atoms with E-state index in [1.165, 1.54) is 31.5 Å². The number of carbonyl (C=O) groups is 2. The van der Waals surface area contributed by atoms with E-state index >= 15 is 0 Å². The van der Waals surface area contributed by atoms with Crippen LogP contribution in [0.1, 0.15) is 49.4 Å². The summed E-state index contributed by atoms with van der Waals surface area (Å²) in [5.74, 6) is -1.50. The van der Waals surface area contributed by atoms with Gasteiger partial charge in [0, 0.05) is 6.04 Å². The highest BCUT2D eigenvalue weighted by Crippen LogP contribution is 2.17. The molecule has 0 unspecified atom stereocenters. The third-order valence-electron chi connectivity index (χ3n) is 3.66. The Balaban J connectivity index is 1.86. The molecule has 1 atom stereocenters. The smallest absolute Gasteiger partial charge is 0.339 e. The zero-order valence-electron chi connectivity index (χ0n) is 12.1. The van der Waals surface area contributed by atoms with E-state index in [0.29, 0.717) is 0 Å². The van der Waals surface area contributed by atoms with Gasteiger partial charge in [0.25, 0.3) is 5.91 Å². The Kier molecular flexibility index (Phi) is 5.31. The van der Waals surface area contributed by atoms with Gasteiger partial charge in [-0.3, -0.25) is 4.79 Å². The average Bonchev–Trinajstić information content (AvgIpc) is 2.48. The Morgan fingerprint density at radius 3 is 2.67 bits per heavy atom. The van der Waals surface area contributed by atoms with Crippen LogP contribution in [0.2, 0.25) is 0 Å². The Morgan fingerprint density at radius 1 is 1.29 bits per heavy atom. The lowest BCUT2D eigenvalue weighted by molar-refractivity contribution is -0.130. The number of esters is 1. The van der Waals surface area contributed by atoms with Crippen molar-refractivity contribution in [2.24, 2.45) is 0 Å². The molecule has 0 saturated heterocycles. The molecule has 0 bridgehead atoms. The number of hydrogen-bond donors (Lipinski definition) is 1. The molecule has 1 N–H and O–H groups in total. The summed E-state index contributed by atoms with van der Waals surface area (Å²) in [6, 6.07) is 5.39. The van der Waals surface area contributed by atoms with E-state index in [9.17, 15) is 14.0 Å². The van der Waals surface area contributed by atoms with Gasteiger partial charge in [-0.05, 0) is 38.0 Å². The van der Waals surface area contributed by atoms with Crippen LogP contribution in [0.3, 0.4) is 0 Å². The van der Waals surface area contributed by atoms with Crippen LogP contribution in [-0.2, 0) is 9.53 Å². The summed E-state index contributed by atoms with van der Waals surface area (Å²) >= 11 is 0. The van der Waals surface area contributed by atoms with Crippen molar-refractivity contribution < 1.29 is 18.7 Å². The molecule has 1 saturated carbocycles. The lowest BCUT2D eigenvalue weighted by Gasteiger charge is -2.24. The zero-order chi connectivity index (χ0) is 15.2. The SMILES string of the molecule is C[C@@H](OC(=O)c1cccc(F)c1)C(=O)NC1CCCCC1. The molecule has 1 fully saturated rings. The molecule has 0 heterocycles. The number of nitrogens with one attached hydrogen (secondary N) is 1. The van der Waals surface area contributed by atoms with Gasteiger partial charge in [-0.1, -0.05) is 25.3 Å². The standard InChI is InChI=1S/C16H20FNO3/c1-11(15(19)18-14-8-3-2-4-9-14)21-16(20)12-6-5-7-13(17)10-12/h5-7,10-11,14H,2-4,8-9H2,1H3,(H,18,19)/t11-/m1/s1. The fourth-order valence-corrected chi connectivity index (χ4v) is 2.46. The van der Waals surface area contributed by atoms with Crippen molar-refractivity contribution in [1.29, 1.82) is 0 Å². The molecule has 0 aromatic heterocycles. The molecule has 0 radical (unpaired) electrons. The second kappa shape index (κ2) is 7.20. The first-order chi connectivity index (χ1) is 10.1. The summed E-state index contributed by atoms with van der Waals surface area (Å²) in [5, 5.41) is 2.90.